The smallest absolute Gasteiger partial charge is 0.209 e. The summed E-state index contributed by atoms with van der Waals surface area (Å²) in [6.45, 7) is 2.58. The third kappa shape index (κ3) is 7.40. The Labute approximate surface area is 120 Å². The molecule has 0 spiro atoms. The molecule has 0 aliphatic carbocycles. The first-order chi connectivity index (χ1) is 8.88. The van der Waals surface area contributed by atoms with Gasteiger partial charge in [-0.1, -0.05) is 30.5 Å². The normalized spacial score (nSPS) is 11.5. The van der Waals surface area contributed by atoms with E-state index in [-0.39, 0.29) is 5.75 Å². The lowest BCUT2D eigenvalue weighted by molar-refractivity contribution is 0.303. The van der Waals surface area contributed by atoms with Crippen LogP contribution in [0.25, 0.3) is 0 Å². The van der Waals surface area contributed by atoms with Crippen LogP contribution in [0.2, 0.25) is 5.02 Å². The molecule has 0 aromatic heterocycles. The van der Waals surface area contributed by atoms with Crippen molar-refractivity contribution in [3.05, 3.63) is 28.8 Å². The molecule has 0 atom stereocenters. The number of primary sulfonamides is 1. The van der Waals surface area contributed by atoms with Crippen LogP contribution in [0.5, 0.6) is 5.75 Å². The second-order valence-electron chi connectivity index (χ2n) is 4.54. The van der Waals surface area contributed by atoms with E-state index in [4.69, 9.17) is 21.5 Å². The summed E-state index contributed by atoms with van der Waals surface area (Å²) < 4.78 is 27.1. The molecular formula is C13H20ClNO3S. The number of ether oxygens (including phenoxy) is 1. The van der Waals surface area contributed by atoms with Gasteiger partial charge >= 0.3 is 0 Å². The molecule has 0 amide bonds. The van der Waals surface area contributed by atoms with Crippen molar-refractivity contribution in [2.45, 2.75) is 32.6 Å². The average molecular weight is 306 g/mol. The van der Waals surface area contributed by atoms with Crippen molar-refractivity contribution in [1.82, 2.24) is 0 Å². The maximum atomic E-state index is 10.7. The van der Waals surface area contributed by atoms with Gasteiger partial charge < -0.3 is 4.74 Å². The van der Waals surface area contributed by atoms with E-state index in [9.17, 15) is 8.42 Å². The first-order valence-electron chi connectivity index (χ1n) is 6.28. The maximum Gasteiger partial charge on any atom is 0.209 e. The molecule has 6 heteroatoms. The summed E-state index contributed by atoms with van der Waals surface area (Å²) in [7, 11) is -3.32. The first-order valence-corrected chi connectivity index (χ1v) is 8.37. The van der Waals surface area contributed by atoms with Gasteiger partial charge in [0.05, 0.1) is 12.4 Å². The third-order valence-corrected chi connectivity index (χ3v) is 3.82. The van der Waals surface area contributed by atoms with E-state index in [0.29, 0.717) is 18.1 Å². The van der Waals surface area contributed by atoms with Crippen molar-refractivity contribution in [1.29, 1.82) is 0 Å². The van der Waals surface area contributed by atoms with Gasteiger partial charge in [-0.15, -0.1) is 0 Å². The Kier molecular flexibility index (Phi) is 6.62. The Morgan fingerprint density at radius 2 is 1.89 bits per heavy atom. The molecule has 4 nitrogen and oxygen atoms in total. The van der Waals surface area contributed by atoms with E-state index in [1.807, 2.05) is 19.1 Å². The highest BCUT2D eigenvalue weighted by Gasteiger charge is 2.02. The quantitative estimate of drug-likeness (QED) is 0.751. The topological polar surface area (TPSA) is 69.4 Å². The van der Waals surface area contributed by atoms with Gasteiger partial charge in [0.1, 0.15) is 5.75 Å². The predicted octanol–water partition coefficient (Wildman–Crippen LogP) is 2.88. The first kappa shape index (κ1) is 16.3. The fraction of sp³-hybridized carbons (Fsp3) is 0.538. The van der Waals surface area contributed by atoms with Gasteiger partial charge in [0.2, 0.25) is 10.0 Å². The molecule has 108 valence electrons. The summed E-state index contributed by atoms with van der Waals surface area (Å²) in [4.78, 5) is 0. The lowest BCUT2D eigenvalue weighted by atomic mass is 10.2. The predicted molar refractivity (Wildman–Crippen MR) is 78.1 cm³/mol. The number of hydrogen-bond donors (Lipinski definition) is 1. The van der Waals surface area contributed by atoms with Crippen molar-refractivity contribution in [3.63, 3.8) is 0 Å². The molecule has 0 aliphatic heterocycles. The van der Waals surface area contributed by atoms with Gasteiger partial charge in [-0.25, -0.2) is 13.6 Å². The molecule has 0 fully saturated rings. The van der Waals surface area contributed by atoms with Crippen LogP contribution in [-0.4, -0.2) is 20.8 Å². The van der Waals surface area contributed by atoms with Gasteiger partial charge in [-0.05, 0) is 37.5 Å². The Bertz CT molecular complexity index is 503. The second-order valence-corrected chi connectivity index (χ2v) is 6.71. The highest BCUT2D eigenvalue weighted by molar-refractivity contribution is 7.89. The Morgan fingerprint density at radius 1 is 1.21 bits per heavy atom. The van der Waals surface area contributed by atoms with E-state index < -0.39 is 10.0 Å². The lowest BCUT2D eigenvalue weighted by Gasteiger charge is -2.09. The minimum atomic E-state index is -3.32. The largest absolute Gasteiger partial charge is 0.493 e. The monoisotopic (exact) mass is 305 g/mol. The number of nitrogens with two attached hydrogens (primary N) is 1. The third-order valence-electron chi connectivity index (χ3n) is 2.73. The number of halogens is 1. The summed E-state index contributed by atoms with van der Waals surface area (Å²) in [5, 5.41) is 5.58. The van der Waals surface area contributed by atoms with Gasteiger partial charge in [0.25, 0.3) is 0 Å². The zero-order valence-corrected chi connectivity index (χ0v) is 12.6. The minimum Gasteiger partial charge on any atom is -0.493 e. The van der Waals surface area contributed by atoms with Crippen LogP contribution in [0.15, 0.2) is 18.2 Å². The molecule has 1 rings (SSSR count). The van der Waals surface area contributed by atoms with Crippen LogP contribution in [0.4, 0.5) is 0 Å². The van der Waals surface area contributed by atoms with E-state index >= 15 is 0 Å². The van der Waals surface area contributed by atoms with Gasteiger partial charge in [0, 0.05) is 5.02 Å². The van der Waals surface area contributed by atoms with Crippen molar-refractivity contribution >= 4 is 21.6 Å². The Balaban J connectivity index is 2.16. The zero-order valence-electron chi connectivity index (χ0n) is 11.1. The number of sulfonamides is 1. The fourth-order valence-electron chi connectivity index (χ4n) is 1.67. The SMILES string of the molecule is Cc1ccc(Cl)cc1OCCCCCCS(N)(=O)=O. The molecular weight excluding hydrogens is 286 g/mol. The van der Waals surface area contributed by atoms with Gasteiger partial charge in [-0.2, -0.15) is 0 Å². The molecule has 0 aliphatic rings. The van der Waals surface area contributed by atoms with E-state index in [1.54, 1.807) is 6.07 Å². The molecule has 1 aromatic rings. The van der Waals surface area contributed by atoms with Crippen LogP contribution >= 0.6 is 11.6 Å². The molecule has 0 bridgehead atoms. The lowest BCUT2D eigenvalue weighted by Crippen LogP contribution is -2.16. The zero-order chi connectivity index (χ0) is 14.3. The van der Waals surface area contributed by atoms with Crippen LogP contribution in [-0.2, 0) is 10.0 Å². The molecule has 0 saturated carbocycles. The number of rotatable bonds is 8. The van der Waals surface area contributed by atoms with Gasteiger partial charge in [-0.3, -0.25) is 0 Å². The van der Waals surface area contributed by atoms with E-state index in [2.05, 4.69) is 0 Å². The van der Waals surface area contributed by atoms with Crippen molar-refractivity contribution < 1.29 is 13.2 Å². The summed E-state index contributed by atoms with van der Waals surface area (Å²) in [6.07, 6.45) is 3.26. The molecule has 1 aromatic carbocycles. The fourth-order valence-corrected chi connectivity index (χ4v) is 2.44. The highest BCUT2D eigenvalue weighted by Crippen LogP contribution is 2.22. The van der Waals surface area contributed by atoms with Crippen molar-refractivity contribution in [2.75, 3.05) is 12.4 Å². The molecule has 2 N–H and O–H groups in total. The van der Waals surface area contributed by atoms with Crippen LogP contribution in [0, 0.1) is 6.92 Å². The maximum absolute atomic E-state index is 10.7. The minimum absolute atomic E-state index is 0.0568. The summed E-state index contributed by atoms with van der Waals surface area (Å²) >= 11 is 5.89. The average Bonchev–Trinajstić information content (AvgIpc) is 2.31. The summed E-state index contributed by atoms with van der Waals surface area (Å²) in [6, 6.07) is 5.55. The Morgan fingerprint density at radius 3 is 2.58 bits per heavy atom. The summed E-state index contributed by atoms with van der Waals surface area (Å²) in [5.74, 6) is 0.860. The standard InChI is InChI=1S/C13H20ClNO3S/c1-11-6-7-12(14)10-13(11)18-8-4-2-3-5-9-19(15,16)17/h6-7,10H,2-5,8-9H2,1H3,(H2,15,16,17). The number of benzene rings is 1. The van der Waals surface area contributed by atoms with E-state index in [0.717, 1.165) is 30.6 Å². The van der Waals surface area contributed by atoms with Crippen molar-refractivity contribution in [3.8, 4) is 5.75 Å². The van der Waals surface area contributed by atoms with E-state index in [1.165, 1.54) is 0 Å². The van der Waals surface area contributed by atoms with Crippen LogP contribution in [0.1, 0.15) is 31.2 Å². The number of hydrogen-bond acceptors (Lipinski definition) is 3. The second kappa shape index (κ2) is 7.72. The number of aryl methyl sites for hydroxylation is 1. The van der Waals surface area contributed by atoms with Crippen LogP contribution < -0.4 is 9.88 Å². The summed E-state index contributed by atoms with van der Waals surface area (Å²) in [5.41, 5.74) is 1.05. The van der Waals surface area contributed by atoms with Crippen LogP contribution in [0.3, 0.4) is 0 Å². The highest BCUT2D eigenvalue weighted by atomic mass is 35.5. The van der Waals surface area contributed by atoms with Crippen molar-refractivity contribution in [2.24, 2.45) is 5.14 Å². The molecule has 0 heterocycles. The Hall–Kier alpha value is -0.780. The van der Waals surface area contributed by atoms with Gasteiger partial charge in [0.15, 0.2) is 0 Å². The molecule has 0 saturated heterocycles. The number of unbranched alkanes of at least 4 members (excludes halogenated alkanes) is 3. The molecule has 0 unspecified atom stereocenters. The molecule has 19 heavy (non-hydrogen) atoms. The molecule has 0 radical (unpaired) electrons.